The standard InChI is InChI=1S/C9H7Cl2N3O2/c1-13-7-5(6(11)4(10)3-12-7)8(15)14(2)9(13)16/h3H,1-2H3. The Hall–Kier alpha value is -1.33. The quantitative estimate of drug-likeness (QED) is 0.708. The number of rotatable bonds is 0. The van der Waals surface area contributed by atoms with Gasteiger partial charge in [-0.1, -0.05) is 23.2 Å². The highest BCUT2D eigenvalue weighted by Gasteiger charge is 2.14. The van der Waals surface area contributed by atoms with E-state index in [1.165, 1.54) is 24.9 Å². The van der Waals surface area contributed by atoms with Gasteiger partial charge in [0.15, 0.2) is 5.65 Å². The van der Waals surface area contributed by atoms with E-state index in [4.69, 9.17) is 23.2 Å². The molecule has 16 heavy (non-hydrogen) atoms. The average molecular weight is 260 g/mol. The van der Waals surface area contributed by atoms with Gasteiger partial charge in [0.05, 0.1) is 10.0 Å². The number of pyridine rings is 1. The zero-order valence-electron chi connectivity index (χ0n) is 8.49. The van der Waals surface area contributed by atoms with E-state index < -0.39 is 11.2 Å². The Balaban J connectivity index is 3.22. The van der Waals surface area contributed by atoms with Crippen molar-refractivity contribution in [3.63, 3.8) is 0 Å². The fourth-order valence-corrected chi connectivity index (χ4v) is 1.83. The summed E-state index contributed by atoms with van der Waals surface area (Å²) in [7, 11) is 2.89. The molecule has 0 aromatic carbocycles. The largest absolute Gasteiger partial charge is 0.332 e. The van der Waals surface area contributed by atoms with Crippen molar-refractivity contribution in [1.82, 2.24) is 14.1 Å². The molecule has 0 saturated carbocycles. The van der Waals surface area contributed by atoms with E-state index in [0.29, 0.717) is 0 Å². The van der Waals surface area contributed by atoms with Gasteiger partial charge in [0, 0.05) is 20.3 Å². The van der Waals surface area contributed by atoms with Crippen molar-refractivity contribution in [2.45, 2.75) is 0 Å². The molecular weight excluding hydrogens is 253 g/mol. The summed E-state index contributed by atoms with van der Waals surface area (Å²) in [5.74, 6) is 0. The third kappa shape index (κ3) is 1.36. The third-order valence-electron chi connectivity index (χ3n) is 2.36. The van der Waals surface area contributed by atoms with Crippen LogP contribution in [0.5, 0.6) is 0 Å². The molecule has 84 valence electrons. The van der Waals surface area contributed by atoms with E-state index in [2.05, 4.69) is 4.98 Å². The first-order chi connectivity index (χ1) is 7.45. The first kappa shape index (κ1) is 11.2. The van der Waals surface area contributed by atoms with Crippen LogP contribution in [0.3, 0.4) is 0 Å². The van der Waals surface area contributed by atoms with Gasteiger partial charge >= 0.3 is 5.69 Å². The Bertz CT molecular complexity index is 702. The number of hydrogen-bond acceptors (Lipinski definition) is 3. The summed E-state index contributed by atoms with van der Waals surface area (Å²) in [6.07, 6.45) is 1.31. The van der Waals surface area contributed by atoms with Gasteiger partial charge in [-0.05, 0) is 0 Å². The van der Waals surface area contributed by atoms with Gasteiger partial charge in [-0.25, -0.2) is 9.78 Å². The number of fused-ring (bicyclic) bond motifs is 1. The summed E-state index contributed by atoms with van der Waals surface area (Å²) in [5.41, 5.74) is -0.732. The minimum atomic E-state index is -0.502. The second-order valence-corrected chi connectivity index (χ2v) is 4.11. The SMILES string of the molecule is Cn1c(=O)c2c(Cl)c(Cl)cnc2n(C)c1=O. The fraction of sp³-hybridized carbons (Fsp3) is 0.222. The van der Waals surface area contributed by atoms with Crippen LogP contribution in [-0.4, -0.2) is 14.1 Å². The summed E-state index contributed by atoms with van der Waals surface area (Å²) >= 11 is 11.7. The molecular formula is C9H7Cl2N3O2. The molecule has 7 heteroatoms. The van der Waals surface area contributed by atoms with Gasteiger partial charge in [-0.3, -0.25) is 13.9 Å². The minimum Gasteiger partial charge on any atom is -0.280 e. The molecule has 0 saturated heterocycles. The van der Waals surface area contributed by atoms with Crippen LogP contribution in [0.15, 0.2) is 15.8 Å². The van der Waals surface area contributed by atoms with E-state index >= 15 is 0 Å². The lowest BCUT2D eigenvalue weighted by atomic mass is 10.3. The Morgan fingerprint density at radius 1 is 1.19 bits per heavy atom. The lowest BCUT2D eigenvalue weighted by Crippen LogP contribution is -2.37. The van der Waals surface area contributed by atoms with Crippen molar-refractivity contribution in [3.8, 4) is 0 Å². The van der Waals surface area contributed by atoms with E-state index in [9.17, 15) is 9.59 Å². The smallest absolute Gasteiger partial charge is 0.280 e. The third-order valence-corrected chi connectivity index (χ3v) is 3.14. The van der Waals surface area contributed by atoms with Gasteiger partial charge in [0.2, 0.25) is 0 Å². The lowest BCUT2D eigenvalue weighted by Gasteiger charge is -2.07. The van der Waals surface area contributed by atoms with Crippen molar-refractivity contribution in [2.75, 3.05) is 0 Å². The number of aryl methyl sites for hydroxylation is 1. The molecule has 0 aliphatic carbocycles. The molecule has 0 unspecified atom stereocenters. The summed E-state index contributed by atoms with van der Waals surface area (Å²) in [5, 5.41) is 0.451. The molecule has 2 aromatic rings. The highest BCUT2D eigenvalue weighted by molar-refractivity contribution is 6.44. The van der Waals surface area contributed by atoms with E-state index in [1.54, 1.807) is 0 Å². The van der Waals surface area contributed by atoms with Crippen LogP contribution >= 0.6 is 23.2 Å². The molecule has 0 atom stereocenters. The van der Waals surface area contributed by atoms with E-state index in [0.717, 1.165) is 4.57 Å². The second kappa shape index (κ2) is 3.61. The monoisotopic (exact) mass is 259 g/mol. The van der Waals surface area contributed by atoms with Crippen LogP contribution in [0.1, 0.15) is 0 Å². The highest BCUT2D eigenvalue weighted by atomic mass is 35.5. The first-order valence-corrected chi connectivity index (χ1v) is 5.10. The maximum atomic E-state index is 11.8. The summed E-state index contributed by atoms with van der Waals surface area (Å²) < 4.78 is 2.21. The molecule has 2 rings (SSSR count). The molecule has 5 nitrogen and oxygen atoms in total. The topological polar surface area (TPSA) is 56.9 Å². The van der Waals surface area contributed by atoms with Crippen molar-refractivity contribution in [1.29, 1.82) is 0 Å². The predicted molar refractivity (Wildman–Crippen MR) is 62.2 cm³/mol. The predicted octanol–water partition coefficient (Wildman–Crippen LogP) is 0.939. The highest BCUT2D eigenvalue weighted by Crippen LogP contribution is 2.25. The molecule has 0 aliphatic rings. The minimum absolute atomic E-state index is 0.114. The molecule has 2 aromatic heterocycles. The van der Waals surface area contributed by atoms with Crippen molar-refractivity contribution in [2.24, 2.45) is 14.1 Å². The molecule has 0 amide bonds. The van der Waals surface area contributed by atoms with E-state index in [-0.39, 0.29) is 21.1 Å². The number of aromatic nitrogens is 3. The van der Waals surface area contributed by atoms with Crippen LogP contribution in [0.25, 0.3) is 11.0 Å². The zero-order valence-corrected chi connectivity index (χ0v) is 10.0. The van der Waals surface area contributed by atoms with Crippen LogP contribution < -0.4 is 11.2 Å². The molecule has 0 radical (unpaired) electrons. The number of hydrogen-bond donors (Lipinski definition) is 0. The second-order valence-electron chi connectivity index (χ2n) is 3.32. The van der Waals surface area contributed by atoms with Gasteiger partial charge < -0.3 is 0 Å². The molecule has 2 heterocycles. The van der Waals surface area contributed by atoms with Crippen molar-refractivity contribution >= 4 is 34.2 Å². The molecule has 0 spiro atoms. The van der Waals surface area contributed by atoms with Crippen LogP contribution in [0.4, 0.5) is 0 Å². The maximum absolute atomic E-state index is 11.8. The number of halogens is 2. The van der Waals surface area contributed by atoms with Crippen LogP contribution in [0.2, 0.25) is 10.0 Å². The van der Waals surface area contributed by atoms with Gasteiger partial charge in [-0.15, -0.1) is 0 Å². The zero-order chi connectivity index (χ0) is 12.0. The summed E-state index contributed by atoms with van der Waals surface area (Å²) in [4.78, 5) is 27.4. The fourth-order valence-electron chi connectivity index (χ4n) is 1.47. The van der Waals surface area contributed by atoms with Crippen molar-refractivity contribution < 1.29 is 0 Å². The molecule has 0 N–H and O–H groups in total. The maximum Gasteiger partial charge on any atom is 0.332 e. The normalized spacial score (nSPS) is 11.0. The average Bonchev–Trinajstić information content (AvgIpc) is 2.27. The van der Waals surface area contributed by atoms with E-state index in [1.807, 2.05) is 0 Å². The Labute approximate surface area is 99.9 Å². The first-order valence-electron chi connectivity index (χ1n) is 4.35. The van der Waals surface area contributed by atoms with Crippen LogP contribution in [0, 0.1) is 0 Å². The lowest BCUT2D eigenvalue weighted by molar-refractivity contribution is 0.707. The van der Waals surface area contributed by atoms with Gasteiger partial charge in [0.1, 0.15) is 5.39 Å². The molecule has 0 aliphatic heterocycles. The van der Waals surface area contributed by atoms with Crippen molar-refractivity contribution in [3.05, 3.63) is 37.1 Å². The Morgan fingerprint density at radius 3 is 2.44 bits per heavy atom. The Morgan fingerprint density at radius 2 is 1.81 bits per heavy atom. The summed E-state index contributed by atoms with van der Waals surface area (Å²) in [6, 6.07) is 0. The van der Waals surface area contributed by atoms with Gasteiger partial charge in [-0.2, -0.15) is 0 Å². The summed E-state index contributed by atoms with van der Waals surface area (Å²) in [6.45, 7) is 0. The molecule has 0 bridgehead atoms. The Kier molecular flexibility index (Phi) is 2.52. The van der Waals surface area contributed by atoms with Gasteiger partial charge in [0.25, 0.3) is 5.56 Å². The molecule has 0 fully saturated rings. The number of nitrogens with zero attached hydrogens (tertiary/aromatic N) is 3. The van der Waals surface area contributed by atoms with Crippen LogP contribution in [-0.2, 0) is 14.1 Å².